The molecule has 0 aliphatic rings. The standard InChI is InChI=1S/C11H18N4O/c1-8(2)13-5-6-15-10-7-9(11(12)16)3-4-14-10/h3-4,7-8,13H,5-6H2,1-2H3,(H2,12,16)(H,14,15). The molecule has 1 rings (SSSR count). The Morgan fingerprint density at radius 1 is 1.50 bits per heavy atom. The summed E-state index contributed by atoms with van der Waals surface area (Å²) in [6.45, 7) is 5.78. The first-order valence-electron chi connectivity index (χ1n) is 5.32. The number of amides is 1. The molecule has 4 N–H and O–H groups in total. The number of carbonyl (C=O) groups is 1. The summed E-state index contributed by atoms with van der Waals surface area (Å²) in [6, 6.07) is 3.71. The highest BCUT2D eigenvalue weighted by atomic mass is 16.1. The first kappa shape index (κ1) is 12.4. The maximum atomic E-state index is 10.9. The smallest absolute Gasteiger partial charge is 0.248 e. The summed E-state index contributed by atoms with van der Waals surface area (Å²) < 4.78 is 0. The first-order chi connectivity index (χ1) is 7.59. The molecule has 0 bridgehead atoms. The maximum Gasteiger partial charge on any atom is 0.248 e. The van der Waals surface area contributed by atoms with Crippen molar-refractivity contribution < 1.29 is 4.79 Å². The lowest BCUT2D eigenvalue weighted by atomic mass is 10.2. The van der Waals surface area contributed by atoms with Gasteiger partial charge >= 0.3 is 0 Å². The molecule has 0 saturated carbocycles. The fraction of sp³-hybridized carbons (Fsp3) is 0.455. The van der Waals surface area contributed by atoms with E-state index in [-0.39, 0.29) is 0 Å². The number of nitrogens with one attached hydrogen (secondary N) is 2. The Kier molecular flexibility index (Phi) is 4.72. The van der Waals surface area contributed by atoms with Gasteiger partial charge in [0.2, 0.25) is 5.91 Å². The molecule has 1 aromatic rings. The Morgan fingerprint density at radius 3 is 2.88 bits per heavy atom. The second kappa shape index (κ2) is 6.07. The van der Waals surface area contributed by atoms with Crippen LogP contribution in [0.4, 0.5) is 5.82 Å². The van der Waals surface area contributed by atoms with Gasteiger partial charge in [-0.2, -0.15) is 0 Å². The number of rotatable bonds is 6. The molecule has 16 heavy (non-hydrogen) atoms. The van der Waals surface area contributed by atoms with Gasteiger partial charge in [0.25, 0.3) is 0 Å². The molecule has 1 amide bonds. The van der Waals surface area contributed by atoms with Crippen LogP contribution in [-0.2, 0) is 0 Å². The molecule has 0 aliphatic heterocycles. The summed E-state index contributed by atoms with van der Waals surface area (Å²) in [5.74, 6) is 0.229. The van der Waals surface area contributed by atoms with Crippen molar-refractivity contribution in [1.82, 2.24) is 10.3 Å². The molecule has 5 heteroatoms. The highest BCUT2D eigenvalue weighted by molar-refractivity contribution is 5.93. The van der Waals surface area contributed by atoms with E-state index in [4.69, 9.17) is 5.73 Å². The number of carbonyl (C=O) groups excluding carboxylic acids is 1. The molecule has 1 heterocycles. The highest BCUT2D eigenvalue weighted by Crippen LogP contribution is 2.05. The van der Waals surface area contributed by atoms with Crippen molar-refractivity contribution in [2.75, 3.05) is 18.4 Å². The zero-order valence-corrected chi connectivity index (χ0v) is 9.66. The lowest BCUT2D eigenvalue weighted by Gasteiger charge is -2.09. The average molecular weight is 222 g/mol. The summed E-state index contributed by atoms with van der Waals surface area (Å²) in [5.41, 5.74) is 5.64. The van der Waals surface area contributed by atoms with Gasteiger partial charge in [-0.05, 0) is 12.1 Å². The Labute approximate surface area is 95.4 Å². The molecule has 0 aliphatic carbocycles. The monoisotopic (exact) mass is 222 g/mol. The Morgan fingerprint density at radius 2 is 2.25 bits per heavy atom. The van der Waals surface area contributed by atoms with E-state index in [0.29, 0.717) is 17.4 Å². The molecule has 1 aromatic heterocycles. The molecule has 5 nitrogen and oxygen atoms in total. The largest absolute Gasteiger partial charge is 0.369 e. The van der Waals surface area contributed by atoms with E-state index in [2.05, 4.69) is 29.5 Å². The summed E-state index contributed by atoms with van der Waals surface area (Å²) in [5, 5.41) is 6.39. The number of hydrogen-bond acceptors (Lipinski definition) is 4. The fourth-order valence-electron chi connectivity index (χ4n) is 1.23. The number of pyridine rings is 1. The Bertz CT molecular complexity index is 352. The number of anilines is 1. The number of nitrogens with zero attached hydrogens (tertiary/aromatic N) is 1. The number of primary amides is 1. The Balaban J connectivity index is 2.42. The van der Waals surface area contributed by atoms with Gasteiger partial charge in [0.1, 0.15) is 5.82 Å². The van der Waals surface area contributed by atoms with E-state index >= 15 is 0 Å². The first-order valence-corrected chi connectivity index (χ1v) is 5.32. The van der Waals surface area contributed by atoms with Crippen LogP contribution in [0.3, 0.4) is 0 Å². The van der Waals surface area contributed by atoms with Gasteiger partial charge < -0.3 is 16.4 Å². The van der Waals surface area contributed by atoms with Gasteiger partial charge in [-0.1, -0.05) is 13.8 Å². The Hall–Kier alpha value is -1.62. The second-order valence-electron chi connectivity index (χ2n) is 3.83. The SMILES string of the molecule is CC(C)NCCNc1cc(C(N)=O)ccn1. The van der Waals surface area contributed by atoms with E-state index in [1.807, 2.05) is 0 Å². The summed E-state index contributed by atoms with van der Waals surface area (Å²) >= 11 is 0. The van der Waals surface area contributed by atoms with Crippen LogP contribution in [0.5, 0.6) is 0 Å². The van der Waals surface area contributed by atoms with Crippen LogP contribution >= 0.6 is 0 Å². The molecule has 0 saturated heterocycles. The summed E-state index contributed by atoms with van der Waals surface area (Å²) in [4.78, 5) is 15.0. The number of nitrogens with two attached hydrogens (primary N) is 1. The quantitative estimate of drug-likeness (QED) is 0.615. The topological polar surface area (TPSA) is 80.0 Å². The third-order valence-electron chi connectivity index (χ3n) is 2.03. The van der Waals surface area contributed by atoms with Crippen molar-refractivity contribution in [2.24, 2.45) is 5.73 Å². The van der Waals surface area contributed by atoms with Gasteiger partial charge in [0, 0.05) is 30.9 Å². The second-order valence-corrected chi connectivity index (χ2v) is 3.83. The third-order valence-corrected chi connectivity index (χ3v) is 2.03. The fourth-order valence-corrected chi connectivity index (χ4v) is 1.23. The minimum Gasteiger partial charge on any atom is -0.369 e. The van der Waals surface area contributed by atoms with Crippen LogP contribution in [0, 0.1) is 0 Å². The van der Waals surface area contributed by atoms with Gasteiger partial charge in [-0.25, -0.2) is 4.98 Å². The lowest BCUT2D eigenvalue weighted by molar-refractivity contribution is 0.1000. The predicted molar refractivity (Wildman–Crippen MR) is 64.4 cm³/mol. The van der Waals surface area contributed by atoms with E-state index in [1.165, 1.54) is 0 Å². The zero-order chi connectivity index (χ0) is 12.0. The van der Waals surface area contributed by atoms with E-state index in [0.717, 1.165) is 13.1 Å². The van der Waals surface area contributed by atoms with E-state index in [9.17, 15) is 4.79 Å². The minimum atomic E-state index is -0.439. The average Bonchev–Trinajstić information content (AvgIpc) is 2.24. The highest BCUT2D eigenvalue weighted by Gasteiger charge is 2.01. The molecular weight excluding hydrogens is 204 g/mol. The lowest BCUT2D eigenvalue weighted by Crippen LogP contribution is -2.28. The zero-order valence-electron chi connectivity index (χ0n) is 9.66. The minimum absolute atomic E-state index is 0.439. The van der Waals surface area contributed by atoms with Gasteiger partial charge in [-0.15, -0.1) is 0 Å². The molecule has 0 aromatic carbocycles. The summed E-state index contributed by atoms with van der Waals surface area (Å²) in [6.07, 6.45) is 1.57. The normalized spacial score (nSPS) is 10.4. The molecule has 0 radical (unpaired) electrons. The van der Waals surface area contributed by atoms with Crippen molar-refractivity contribution in [2.45, 2.75) is 19.9 Å². The maximum absolute atomic E-state index is 10.9. The van der Waals surface area contributed by atoms with Crippen molar-refractivity contribution in [3.63, 3.8) is 0 Å². The van der Waals surface area contributed by atoms with Crippen molar-refractivity contribution in [3.8, 4) is 0 Å². The van der Waals surface area contributed by atoms with Crippen molar-refractivity contribution in [1.29, 1.82) is 0 Å². The summed E-state index contributed by atoms with van der Waals surface area (Å²) in [7, 11) is 0. The molecule has 0 unspecified atom stereocenters. The van der Waals surface area contributed by atoms with Crippen LogP contribution < -0.4 is 16.4 Å². The van der Waals surface area contributed by atoms with E-state index < -0.39 is 5.91 Å². The van der Waals surface area contributed by atoms with Crippen LogP contribution in [-0.4, -0.2) is 30.0 Å². The van der Waals surface area contributed by atoms with Gasteiger partial charge in [0.05, 0.1) is 0 Å². The van der Waals surface area contributed by atoms with Crippen LogP contribution in [0.1, 0.15) is 24.2 Å². The molecule has 0 spiro atoms. The molecule has 0 atom stereocenters. The number of aromatic nitrogens is 1. The van der Waals surface area contributed by atoms with Crippen LogP contribution in [0.25, 0.3) is 0 Å². The van der Waals surface area contributed by atoms with Crippen molar-refractivity contribution in [3.05, 3.63) is 23.9 Å². The van der Waals surface area contributed by atoms with Crippen LogP contribution in [0.2, 0.25) is 0 Å². The molecular formula is C11H18N4O. The third kappa shape index (κ3) is 4.27. The van der Waals surface area contributed by atoms with E-state index in [1.54, 1.807) is 18.3 Å². The van der Waals surface area contributed by atoms with Gasteiger partial charge in [-0.3, -0.25) is 4.79 Å². The molecule has 0 fully saturated rings. The van der Waals surface area contributed by atoms with Crippen LogP contribution in [0.15, 0.2) is 18.3 Å². The van der Waals surface area contributed by atoms with Gasteiger partial charge in [0.15, 0.2) is 0 Å². The van der Waals surface area contributed by atoms with Crippen molar-refractivity contribution >= 4 is 11.7 Å². The molecule has 88 valence electrons. The number of hydrogen-bond donors (Lipinski definition) is 3. The predicted octanol–water partition coefficient (Wildman–Crippen LogP) is 0.590.